The number of aromatic nitrogens is 2. The van der Waals surface area contributed by atoms with Crippen LogP contribution in [0.5, 0.6) is 0 Å². The van der Waals surface area contributed by atoms with Gasteiger partial charge in [0.1, 0.15) is 13.2 Å². The molecule has 1 heterocycles. The summed E-state index contributed by atoms with van der Waals surface area (Å²) in [6.07, 6.45) is 1.04. The van der Waals surface area contributed by atoms with E-state index in [1.54, 1.807) is 0 Å². The number of nitrogens with one attached hydrogen (secondary N) is 1. The summed E-state index contributed by atoms with van der Waals surface area (Å²) in [4.78, 5) is 4.18. The van der Waals surface area contributed by atoms with Gasteiger partial charge in [0.15, 0.2) is 5.82 Å². The average Bonchev–Trinajstić information content (AvgIpc) is 2.74. The fourth-order valence-corrected chi connectivity index (χ4v) is 2.68. The molecule has 2 unspecified atom stereocenters. The first-order valence-electron chi connectivity index (χ1n) is 7.14. The molecule has 2 atom stereocenters. The van der Waals surface area contributed by atoms with Gasteiger partial charge in [-0.05, 0) is 19.9 Å². The van der Waals surface area contributed by atoms with Gasteiger partial charge in [-0.15, -0.1) is 0 Å². The first-order chi connectivity index (χ1) is 9.99. The highest BCUT2D eigenvalue weighted by Crippen LogP contribution is 2.31. The highest BCUT2D eigenvalue weighted by atomic mass is 19.4. The Morgan fingerprint density at radius 2 is 2.05 bits per heavy atom. The molecule has 0 aliphatic heterocycles. The maximum absolute atomic E-state index is 12.0. The van der Waals surface area contributed by atoms with Crippen molar-refractivity contribution >= 4 is 0 Å². The Bertz CT molecular complexity index is 437. The zero-order chi connectivity index (χ0) is 15.3. The Hall–Kier alpha value is -1.15. The minimum atomic E-state index is -4.34. The van der Waals surface area contributed by atoms with Crippen LogP contribution < -0.4 is 5.32 Å². The molecule has 1 aliphatic carbocycles. The number of halogens is 3. The highest BCUT2D eigenvalue weighted by molar-refractivity contribution is 5.00. The molecule has 1 aliphatic rings. The van der Waals surface area contributed by atoms with E-state index in [-0.39, 0.29) is 24.4 Å². The van der Waals surface area contributed by atoms with Crippen LogP contribution in [0.2, 0.25) is 0 Å². The summed E-state index contributed by atoms with van der Waals surface area (Å²) in [7, 11) is 1.90. The molecule has 21 heavy (non-hydrogen) atoms. The van der Waals surface area contributed by atoms with Gasteiger partial charge in [0.25, 0.3) is 0 Å². The molecule has 1 aromatic heterocycles. The fraction of sp³-hybridized carbons (Fsp3) is 0.846. The molecule has 1 N–H and O–H groups in total. The second-order valence-electron chi connectivity index (χ2n) is 5.30. The van der Waals surface area contributed by atoms with Gasteiger partial charge in [-0.1, -0.05) is 24.4 Å². The molecule has 1 fully saturated rings. The Kier molecular flexibility index (Phi) is 5.58. The standard InChI is InChI=1S/C13H20F3N3O2/c1-17-10-6-4-2-3-5-9(10)12-18-11(19-21-12)7-20-8-13(14,15)16/h9-10,17H,2-8H2,1H3. The predicted molar refractivity (Wildman–Crippen MR) is 68.7 cm³/mol. The molecule has 1 aromatic rings. The molecule has 120 valence electrons. The number of alkyl halides is 3. The van der Waals surface area contributed by atoms with Crippen molar-refractivity contribution in [3.05, 3.63) is 11.7 Å². The molecular weight excluding hydrogens is 287 g/mol. The van der Waals surface area contributed by atoms with E-state index < -0.39 is 12.8 Å². The summed E-state index contributed by atoms with van der Waals surface area (Å²) in [6, 6.07) is 0.261. The van der Waals surface area contributed by atoms with Gasteiger partial charge >= 0.3 is 6.18 Å². The third-order valence-electron chi connectivity index (χ3n) is 3.68. The number of hydrogen-bond donors (Lipinski definition) is 1. The summed E-state index contributed by atoms with van der Waals surface area (Å²) in [6.45, 7) is -1.60. The highest BCUT2D eigenvalue weighted by Gasteiger charge is 2.30. The maximum Gasteiger partial charge on any atom is 0.411 e. The quantitative estimate of drug-likeness (QED) is 0.848. The van der Waals surface area contributed by atoms with Crippen molar-refractivity contribution in [3.63, 3.8) is 0 Å². The minimum Gasteiger partial charge on any atom is -0.364 e. The molecule has 0 saturated heterocycles. The van der Waals surface area contributed by atoms with Crippen molar-refractivity contribution in [2.24, 2.45) is 0 Å². The Morgan fingerprint density at radius 1 is 1.29 bits per heavy atom. The van der Waals surface area contributed by atoms with Gasteiger partial charge in [0.2, 0.25) is 5.89 Å². The zero-order valence-electron chi connectivity index (χ0n) is 11.9. The van der Waals surface area contributed by atoms with Crippen molar-refractivity contribution in [1.29, 1.82) is 0 Å². The number of likely N-dealkylation sites (N-methyl/N-ethyl adjacent to an activating group) is 1. The van der Waals surface area contributed by atoms with E-state index in [0.29, 0.717) is 5.89 Å². The van der Waals surface area contributed by atoms with E-state index in [0.717, 1.165) is 25.7 Å². The number of nitrogens with zero attached hydrogens (tertiary/aromatic N) is 2. The van der Waals surface area contributed by atoms with E-state index in [2.05, 4.69) is 20.2 Å². The monoisotopic (exact) mass is 307 g/mol. The van der Waals surface area contributed by atoms with Gasteiger partial charge in [-0.3, -0.25) is 0 Å². The van der Waals surface area contributed by atoms with Crippen LogP contribution in [0, 0.1) is 0 Å². The molecule has 0 spiro atoms. The average molecular weight is 307 g/mol. The van der Waals surface area contributed by atoms with Gasteiger partial charge in [0.05, 0.1) is 5.92 Å². The molecule has 0 bridgehead atoms. The van der Waals surface area contributed by atoms with Gasteiger partial charge < -0.3 is 14.6 Å². The van der Waals surface area contributed by atoms with Crippen LogP contribution in [0.1, 0.15) is 49.7 Å². The molecular formula is C13H20F3N3O2. The van der Waals surface area contributed by atoms with Crippen LogP contribution in [0.4, 0.5) is 13.2 Å². The van der Waals surface area contributed by atoms with E-state index >= 15 is 0 Å². The van der Waals surface area contributed by atoms with Crippen LogP contribution in [-0.4, -0.2) is 36.0 Å². The zero-order valence-corrected chi connectivity index (χ0v) is 11.9. The predicted octanol–water partition coefficient (Wildman–Crippen LogP) is 2.78. The fourth-order valence-electron chi connectivity index (χ4n) is 2.68. The van der Waals surface area contributed by atoms with Crippen LogP contribution >= 0.6 is 0 Å². The lowest BCUT2D eigenvalue weighted by atomic mass is 9.95. The lowest BCUT2D eigenvalue weighted by Gasteiger charge is -2.20. The number of hydrogen-bond acceptors (Lipinski definition) is 5. The topological polar surface area (TPSA) is 60.2 Å². The van der Waals surface area contributed by atoms with E-state index in [1.807, 2.05) is 7.05 Å². The van der Waals surface area contributed by atoms with Crippen molar-refractivity contribution in [2.75, 3.05) is 13.7 Å². The van der Waals surface area contributed by atoms with Crippen molar-refractivity contribution in [2.45, 2.75) is 56.8 Å². The molecule has 2 rings (SSSR count). The van der Waals surface area contributed by atoms with Crippen LogP contribution in [-0.2, 0) is 11.3 Å². The molecule has 5 nitrogen and oxygen atoms in total. The van der Waals surface area contributed by atoms with Crippen molar-refractivity contribution in [1.82, 2.24) is 15.5 Å². The molecule has 0 radical (unpaired) electrons. The first-order valence-corrected chi connectivity index (χ1v) is 7.14. The summed E-state index contributed by atoms with van der Waals surface area (Å²) >= 11 is 0. The SMILES string of the molecule is CNC1CCCCCC1c1nc(COCC(F)(F)F)no1. The van der Waals surface area contributed by atoms with Gasteiger partial charge in [0, 0.05) is 6.04 Å². The van der Waals surface area contributed by atoms with E-state index in [1.165, 1.54) is 6.42 Å². The van der Waals surface area contributed by atoms with E-state index in [4.69, 9.17) is 4.52 Å². The second-order valence-corrected chi connectivity index (χ2v) is 5.30. The van der Waals surface area contributed by atoms with Crippen LogP contribution in [0.25, 0.3) is 0 Å². The lowest BCUT2D eigenvalue weighted by Crippen LogP contribution is -2.31. The third-order valence-corrected chi connectivity index (χ3v) is 3.68. The molecule has 8 heteroatoms. The molecule has 0 aromatic carbocycles. The summed E-state index contributed by atoms with van der Waals surface area (Å²) < 4.78 is 45.7. The Balaban J connectivity index is 1.94. The van der Waals surface area contributed by atoms with Crippen molar-refractivity contribution < 1.29 is 22.4 Å². The third kappa shape index (κ3) is 4.96. The summed E-state index contributed by atoms with van der Waals surface area (Å²) in [5, 5.41) is 6.96. The van der Waals surface area contributed by atoms with Crippen LogP contribution in [0.15, 0.2) is 4.52 Å². The summed E-state index contributed by atoms with van der Waals surface area (Å²) in [5.74, 6) is 0.761. The Morgan fingerprint density at radius 3 is 2.76 bits per heavy atom. The van der Waals surface area contributed by atoms with Crippen molar-refractivity contribution in [3.8, 4) is 0 Å². The molecule has 0 amide bonds. The second kappa shape index (κ2) is 7.22. The minimum absolute atomic E-state index is 0.112. The smallest absolute Gasteiger partial charge is 0.364 e. The Labute approximate surface area is 121 Å². The van der Waals surface area contributed by atoms with Gasteiger partial charge in [-0.2, -0.15) is 18.2 Å². The van der Waals surface area contributed by atoms with Gasteiger partial charge in [-0.25, -0.2) is 0 Å². The maximum atomic E-state index is 12.0. The van der Waals surface area contributed by atoms with E-state index in [9.17, 15) is 13.2 Å². The number of rotatable bonds is 5. The van der Waals surface area contributed by atoms with Crippen LogP contribution in [0.3, 0.4) is 0 Å². The lowest BCUT2D eigenvalue weighted by molar-refractivity contribution is -0.177. The normalized spacial score (nSPS) is 24.0. The first kappa shape index (κ1) is 16.2. The molecule has 1 saturated carbocycles. The number of ether oxygens (including phenoxy) is 1. The largest absolute Gasteiger partial charge is 0.411 e. The summed E-state index contributed by atoms with van der Waals surface area (Å²) in [5.41, 5.74) is 0.